The number of aromatic nitrogens is 3. The van der Waals surface area contributed by atoms with Gasteiger partial charge >= 0.3 is 0 Å². The molecule has 0 bridgehead atoms. The van der Waals surface area contributed by atoms with E-state index >= 15 is 0 Å². The average Bonchev–Trinajstić information content (AvgIpc) is 3.00. The van der Waals surface area contributed by atoms with Crippen molar-refractivity contribution >= 4 is 15.7 Å². The van der Waals surface area contributed by atoms with Gasteiger partial charge in [0.15, 0.2) is 0 Å². The molecule has 0 radical (unpaired) electrons. The lowest BCUT2D eigenvalue weighted by atomic mass is 9.93. The van der Waals surface area contributed by atoms with Crippen LogP contribution in [0.4, 0.5) is 5.69 Å². The van der Waals surface area contributed by atoms with E-state index < -0.39 is 10.0 Å². The molecule has 22 heavy (non-hydrogen) atoms. The van der Waals surface area contributed by atoms with E-state index in [4.69, 9.17) is 0 Å². The highest BCUT2D eigenvalue weighted by molar-refractivity contribution is 7.92. The third kappa shape index (κ3) is 1.95. The summed E-state index contributed by atoms with van der Waals surface area (Å²) in [5.74, 6) is 0. The van der Waals surface area contributed by atoms with E-state index in [9.17, 15) is 8.42 Å². The van der Waals surface area contributed by atoms with Crippen LogP contribution >= 0.6 is 0 Å². The van der Waals surface area contributed by atoms with E-state index in [-0.39, 0.29) is 10.9 Å². The Labute approximate surface area is 129 Å². The molecule has 1 atom stereocenters. The predicted octanol–water partition coefficient (Wildman–Crippen LogP) is 2.14. The van der Waals surface area contributed by atoms with Crippen LogP contribution < -0.4 is 4.31 Å². The Morgan fingerprint density at radius 1 is 1.27 bits per heavy atom. The van der Waals surface area contributed by atoms with Crippen LogP contribution in [0.1, 0.15) is 37.8 Å². The molecule has 1 aliphatic heterocycles. The molecule has 4 rings (SSSR count). The molecule has 0 aromatic carbocycles. The van der Waals surface area contributed by atoms with E-state index in [1.807, 2.05) is 6.92 Å². The number of nitrogens with zero attached hydrogens (tertiary/aromatic N) is 4. The van der Waals surface area contributed by atoms with Crippen LogP contribution in [0.25, 0.3) is 0 Å². The summed E-state index contributed by atoms with van der Waals surface area (Å²) >= 11 is 0. The SMILES string of the molecule is C[C@H]1Cc2cnccc2N1S(=O)(=O)c1cnn(C2CCC2)c1. The zero-order valence-corrected chi connectivity index (χ0v) is 13.2. The fourth-order valence-electron chi connectivity index (χ4n) is 3.22. The van der Waals surface area contributed by atoms with Crippen molar-refractivity contribution in [1.82, 2.24) is 14.8 Å². The van der Waals surface area contributed by atoms with Crippen LogP contribution in [0, 0.1) is 0 Å². The maximum absolute atomic E-state index is 13.0. The zero-order valence-electron chi connectivity index (χ0n) is 12.4. The molecule has 0 saturated heterocycles. The average molecular weight is 318 g/mol. The lowest BCUT2D eigenvalue weighted by Crippen LogP contribution is -2.35. The van der Waals surface area contributed by atoms with Gasteiger partial charge in [-0.2, -0.15) is 5.10 Å². The Hall–Kier alpha value is -1.89. The van der Waals surface area contributed by atoms with Crippen molar-refractivity contribution in [3.05, 3.63) is 36.4 Å². The molecule has 7 heteroatoms. The molecule has 1 aliphatic carbocycles. The summed E-state index contributed by atoms with van der Waals surface area (Å²) in [6.07, 6.45) is 10.6. The molecule has 1 saturated carbocycles. The monoisotopic (exact) mass is 318 g/mol. The van der Waals surface area contributed by atoms with E-state index in [0.717, 1.165) is 24.1 Å². The molecule has 0 amide bonds. The van der Waals surface area contributed by atoms with Gasteiger partial charge in [-0.15, -0.1) is 0 Å². The highest BCUT2D eigenvalue weighted by atomic mass is 32.2. The van der Waals surface area contributed by atoms with E-state index in [1.54, 1.807) is 29.3 Å². The number of anilines is 1. The third-order valence-corrected chi connectivity index (χ3v) is 6.50. The van der Waals surface area contributed by atoms with Gasteiger partial charge in [-0.25, -0.2) is 8.42 Å². The second kappa shape index (κ2) is 4.81. The molecular weight excluding hydrogens is 300 g/mol. The Balaban J connectivity index is 1.73. The number of pyridine rings is 1. The predicted molar refractivity (Wildman–Crippen MR) is 82.2 cm³/mol. The summed E-state index contributed by atoms with van der Waals surface area (Å²) < 4.78 is 29.3. The number of hydrogen-bond donors (Lipinski definition) is 0. The third-order valence-electron chi connectivity index (χ3n) is 4.61. The van der Waals surface area contributed by atoms with Crippen molar-refractivity contribution in [2.24, 2.45) is 0 Å². The Morgan fingerprint density at radius 2 is 2.09 bits per heavy atom. The molecule has 0 spiro atoms. The molecule has 2 aromatic rings. The number of hydrogen-bond acceptors (Lipinski definition) is 4. The maximum Gasteiger partial charge on any atom is 0.267 e. The molecule has 3 heterocycles. The summed E-state index contributed by atoms with van der Waals surface area (Å²) in [6.45, 7) is 1.92. The van der Waals surface area contributed by atoms with Crippen LogP contribution in [0.15, 0.2) is 35.7 Å². The summed E-state index contributed by atoms with van der Waals surface area (Å²) in [5, 5.41) is 4.26. The highest BCUT2D eigenvalue weighted by Gasteiger charge is 2.37. The van der Waals surface area contributed by atoms with Crippen LogP contribution in [0.5, 0.6) is 0 Å². The molecule has 2 aliphatic rings. The molecule has 0 N–H and O–H groups in total. The molecule has 1 fully saturated rings. The molecule has 2 aromatic heterocycles. The van der Waals surface area contributed by atoms with Crippen molar-refractivity contribution < 1.29 is 8.42 Å². The van der Waals surface area contributed by atoms with Gasteiger partial charge in [-0.3, -0.25) is 14.0 Å². The fourth-order valence-corrected chi connectivity index (χ4v) is 4.85. The highest BCUT2D eigenvalue weighted by Crippen LogP contribution is 2.37. The Morgan fingerprint density at radius 3 is 2.82 bits per heavy atom. The van der Waals surface area contributed by atoms with Crippen LogP contribution in [0.3, 0.4) is 0 Å². The summed E-state index contributed by atoms with van der Waals surface area (Å²) in [4.78, 5) is 4.36. The van der Waals surface area contributed by atoms with Gasteiger partial charge in [0.2, 0.25) is 0 Å². The van der Waals surface area contributed by atoms with Gasteiger partial charge in [-0.05, 0) is 44.2 Å². The van der Waals surface area contributed by atoms with E-state index in [2.05, 4.69) is 10.1 Å². The van der Waals surface area contributed by atoms with Crippen molar-refractivity contribution in [1.29, 1.82) is 0 Å². The molecule has 116 valence electrons. The topological polar surface area (TPSA) is 68.1 Å². The second-order valence-electron chi connectivity index (χ2n) is 6.10. The number of fused-ring (bicyclic) bond motifs is 1. The number of sulfonamides is 1. The quantitative estimate of drug-likeness (QED) is 0.869. The smallest absolute Gasteiger partial charge is 0.267 e. The Bertz CT molecular complexity index is 810. The first kappa shape index (κ1) is 13.8. The summed E-state index contributed by atoms with van der Waals surface area (Å²) in [5.41, 5.74) is 1.71. The number of rotatable bonds is 3. The summed E-state index contributed by atoms with van der Waals surface area (Å²) in [7, 11) is -3.58. The maximum atomic E-state index is 13.0. The lowest BCUT2D eigenvalue weighted by Gasteiger charge is -2.26. The van der Waals surface area contributed by atoms with Crippen LogP contribution in [0.2, 0.25) is 0 Å². The minimum atomic E-state index is -3.58. The molecular formula is C15H18N4O2S. The van der Waals surface area contributed by atoms with Crippen molar-refractivity contribution in [2.45, 2.75) is 49.6 Å². The minimum Gasteiger partial charge on any atom is -0.268 e. The van der Waals surface area contributed by atoms with Crippen LogP contribution in [-0.4, -0.2) is 29.2 Å². The van der Waals surface area contributed by atoms with Crippen molar-refractivity contribution in [3.8, 4) is 0 Å². The van der Waals surface area contributed by atoms with Gasteiger partial charge in [-0.1, -0.05) is 0 Å². The first-order valence-corrected chi connectivity index (χ1v) is 9.03. The second-order valence-corrected chi connectivity index (χ2v) is 7.91. The summed E-state index contributed by atoms with van der Waals surface area (Å²) in [6, 6.07) is 2.03. The van der Waals surface area contributed by atoms with Gasteiger partial charge in [0.25, 0.3) is 10.0 Å². The molecule has 6 nitrogen and oxygen atoms in total. The van der Waals surface area contributed by atoms with E-state index in [0.29, 0.717) is 12.5 Å². The van der Waals surface area contributed by atoms with Crippen molar-refractivity contribution in [2.75, 3.05) is 4.31 Å². The standard InChI is InChI=1S/C15H18N4O2S/c1-11-7-12-8-16-6-5-15(12)19(11)22(20,21)14-9-17-18(10-14)13-3-2-4-13/h5-6,8-11,13H,2-4,7H2,1H3/t11-/m0/s1. The van der Waals surface area contributed by atoms with Crippen molar-refractivity contribution in [3.63, 3.8) is 0 Å². The first-order chi connectivity index (χ1) is 10.6. The first-order valence-electron chi connectivity index (χ1n) is 7.59. The van der Waals surface area contributed by atoms with Gasteiger partial charge in [0.1, 0.15) is 4.90 Å². The zero-order chi connectivity index (χ0) is 15.3. The van der Waals surface area contributed by atoms with Gasteiger partial charge < -0.3 is 0 Å². The van der Waals surface area contributed by atoms with Gasteiger partial charge in [0, 0.05) is 24.6 Å². The van der Waals surface area contributed by atoms with Gasteiger partial charge in [0.05, 0.1) is 17.9 Å². The molecule has 0 unspecified atom stereocenters. The lowest BCUT2D eigenvalue weighted by molar-refractivity contribution is 0.289. The largest absolute Gasteiger partial charge is 0.268 e. The Kier molecular flexibility index (Phi) is 3.00. The minimum absolute atomic E-state index is 0.101. The van der Waals surface area contributed by atoms with E-state index in [1.165, 1.54) is 16.9 Å². The normalized spacial score (nSPS) is 21.7. The fraction of sp³-hybridized carbons (Fsp3) is 0.467. The van der Waals surface area contributed by atoms with Crippen LogP contribution in [-0.2, 0) is 16.4 Å².